The predicted octanol–water partition coefficient (Wildman–Crippen LogP) is 3.75. The molecule has 1 saturated heterocycles. The number of carbonyl (C=O) groups excluding carboxylic acids is 1. The molecule has 24 heteroatoms. The van der Waals surface area contributed by atoms with E-state index in [9.17, 15) is 52.8 Å². The number of hydrogen-bond acceptors (Lipinski definition) is 14. The summed E-state index contributed by atoms with van der Waals surface area (Å²) in [6.45, 7) is 0.777. The van der Waals surface area contributed by atoms with Crippen LogP contribution in [0.2, 0.25) is 0 Å². The summed E-state index contributed by atoms with van der Waals surface area (Å²) in [6.07, 6.45) is -4.78. The van der Waals surface area contributed by atoms with E-state index in [2.05, 4.69) is 22.8 Å². The van der Waals surface area contributed by atoms with Crippen LogP contribution in [0.5, 0.6) is 5.75 Å². The molecule has 0 spiro atoms. The monoisotopic (exact) mass is 806 g/mol. The van der Waals surface area contributed by atoms with Crippen molar-refractivity contribution in [1.29, 1.82) is 0 Å². The van der Waals surface area contributed by atoms with E-state index in [0.29, 0.717) is 22.1 Å². The molecule has 9 unspecified atom stereocenters. The lowest BCUT2D eigenvalue weighted by Crippen LogP contribution is -2.54. The van der Waals surface area contributed by atoms with Crippen LogP contribution in [0.1, 0.15) is 11.1 Å². The number of hydrogen-bond donors (Lipinski definition) is 7. The van der Waals surface area contributed by atoms with Gasteiger partial charge in [0, 0.05) is 17.3 Å². The molecule has 280 valence electrons. The Morgan fingerprint density at radius 2 is 1.48 bits per heavy atom. The van der Waals surface area contributed by atoms with Gasteiger partial charge in [-0.25, -0.2) is 23.1 Å². The van der Waals surface area contributed by atoms with Gasteiger partial charge in [0.05, 0.1) is 6.61 Å². The number of carbonyl (C=O) groups is 1. The van der Waals surface area contributed by atoms with Crippen molar-refractivity contribution in [3.8, 4) is 5.75 Å². The van der Waals surface area contributed by atoms with E-state index in [1.165, 1.54) is 24.4 Å². The third-order valence-electron chi connectivity index (χ3n) is 7.50. The number of rotatable bonds is 13. The van der Waals surface area contributed by atoms with Crippen molar-refractivity contribution in [1.82, 2.24) is 10.2 Å². The summed E-state index contributed by atoms with van der Waals surface area (Å²) in [5.41, 5.74) is 2.16. The Balaban J connectivity index is 1.04. The third kappa shape index (κ3) is 9.09. The molecule has 3 aromatic rings. The SMILES string of the molecule is Cc1cccc(C2=CC3=CN(C4OC(COP(=O)(O)OP(=O)(O)OP(=O)(O)OP(=O)(O)Oc5ccc6ccccc6c5)C(O)C4O)C(=O)NC3O2)c1. The van der Waals surface area contributed by atoms with Crippen molar-refractivity contribution in [2.24, 2.45) is 0 Å². The first-order valence-corrected chi connectivity index (χ1v) is 20.8. The number of aryl methyl sites for hydroxylation is 1. The number of phosphoric acid groups is 4. The molecule has 0 saturated carbocycles. The van der Waals surface area contributed by atoms with Gasteiger partial charge in [0.2, 0.25) is 6.23 Å². The second-order valence-electron chi connectivity index (χ2n) is 11.4. The molecule has 3 aromatic carbocycles. The number of phosphoric ester groups is 2. The summed E-state index contributed by atoms with van der Waals surface area (Å²) in [4.78, 5) is 53.5. The average Bonchev–Trinajstić information content (AvgIpc) is 3.57. The van der Waals surface area contributed by atoms with Crippen molar-refractivity contribution < 1.29 is 84.3 Å². The Bertz CT molecular complexity index is 2150. The smallest absolute Gasteiger partial charge is 0.466 e. The molecule has 20 nitrogen and oxygen atoms in total. The van der Waals surface area contributed by atoms with Gasteiger partial charge in [-0.2, -0.15) is 12.9 Å². The van der Waals surface area contributed by atoms with Crippen molar-refractivity contribution in [2.45, 2.75) is 37.7 Å². The van der Waals surface area contributed by atoms with Crippen LogP contribution in [0.25, 0.3) is 16.5 Å². The highest BCUT2D eigenvalue weighted by molar-refractivity contribution is 7.69. The van der Waals surface area contributed by atoms with Crippen molar-refractivity contribution >= 4 is 53.9 Å². The first-order chi connectivity index (χ1) is 24.3. The number of ether oxygens (including phenoxy) is 2. The molecule has 52 heavy (non-hydrogen) atoms. The standard InChI is InChI=1S/C28H30N2O18P4/c1-16-5-4-8-19(11-16)22-13-20-14-30(28(33)29-26(20)43-22)27-25(32)24(31)23(44-27)15-42-49(34,35)46-51(38,39)48-52(40,41)47-50(36,37)45-21-10-9-17-6-2-3-7-18(17)12-21/h2-14,23-27,31-32H,15H2,1H3,(H,29,33)(H,34,35)(H,36,37)(H,38,39)(H,40,41). The maximum atomic E-state index is 12.9. The normalized spacial score (nSPS) is 27.6. The molecule has 7 N–H and O–H groups in total. The molecule has 3 aliphatic heterocycles. The second-order valence-corrected chi connectivity index (χ2v) is 17.6. The second kappa shape index (κ2) is 14.5. The van der Waals surface area contributed by atoms with Crippen LogP contribution < -0.4 is 9.84 Å². The van der Waals surface area contributed by atoms with Gasteiger partial charge in [-0.15, -0.1) is 0 Å². The fourth-order valence-corrected chi connectivity index (χ4v) is 10.2. The highest BCUT2D eigenvalue weighted by Crippen LogP contribution is 2.71. The largest absolute Gasteiger partial charge is 0.536 e. The van der Waals surface area contributed by atoms with Gasteiger partial charge >= 0.3 is 37.3 Å². The predicted molar refractivity (Wildman–Crippen MR) is 176 cm³/mol. The van der Waals surface area contributed by atoms with E-state index in [1.807, 2.05) is 25.1 Å². The molecule has 3 aliphatic rings. The molecule has 2 amide bonds. The lowest BCUT2D eigenvalue weighted by atomic mass is 10.1. The Labute approximate surface area is 293 Å². The molecule has 6 rings (SSSR count). The molecule has 1 fully saturated rings. The van der Waals surface area contributed by atoms with E-state index in [-0.39, 0.29) is 5.75 Å². The molecule has 9 atom stereocenters. The van der Waals surface area contributed by atoms with Crippen LogP contribution in [0.15, 0.2) is 84.6 Å². The molecular weight excluding hydrogens is 776 g/mol. The summed E-state index contributed by atoms with van der Waals surface area (Å²) in [5.74, 6) is 0.150. The van der Waals surface area contributed by atoms with Gasteiger partial charge in [0.1, 0.15) is 29.8 Å². The molecule has 0 bridgehead atoms. The van der Waals surface area contributed by atoms with E-state index < -0.39 is 74.7 Å². The average molecular weight is 806 g/mol. The zero-order valence-corrected chi connectivity index (χ0v) is 30.0. The van der Waals surface area contributed by atoms with Crippen LogP contribution in [0, 0.1) is 6.92 Å². The summed E-state index contributed by atoms with van der Waals surface area (Å²) in [7, 11) is -23.4. The fraction of sp³-hybridized carbons (Fsp3) is 0.250. The summed E-state index contributed by atoms with van der Waals surface area (Å²) < 4.78 is 82.0. The van der Waals surface area contributed by atoms with Crippen LogP contribution in [0.4, 0.5) is 4.79 Å². The number of fused-ring (bicyclic) bond motifs is 2. The lowest BCUT2D eigenvalue weighted by molar-refractivity contribution is -0.0671. The molecular formula is C28H30N2O18P4. The number of aliphatic hydroxyl groups excluding tert-OH is 2. The number of nitrogens with zero attached hydrogens (tertiary/aromatic N) is 1. The Hall–Kier alpha value is -3.25. The highest BCUT2D eigenvalue weighted by atomic mass is 31.3. The maximum Gasteiger partial charge on any atom is 0.536 e. The fourth-order valence-electron chi connectivity index (χ4n) is 5.30. The van der Waals surface area contributed by atoms with E-state index >= 15 is 0 Å². The number of nitrogens with one attached hydrogen (secondary N) is 1. The summed E-state index contributed by atoms with van der Waals surface area (Å²) in [6, 6.07) is 17.3. The van der Waals surface area contributed by atoms with Gasteiger partial charge in [-0.05, 0) is 42.0 Å². The van der Waals surface area contributed by atoms with Crippen LogP contribution in [-0.2, 0) is 45.2 Å². The van der Waals surface area contributed by atoms with Crippen molar-refractivity contribution in [3.05, 3.63) is 95.7 Å². The van der Waals surface area contributed by atoms with Gasteiger partial charge in [-0.1, -0.05) is 54.1 Å². The van der Waals surface area contributed by atoms with E-state index in [1.54, 1.807) is 36.4 Å². The number of amides is 2. The number of urea groups is 1. The van der Waals surface area contributed by atoms with Crippen molar-refractivity contribution in [2.75, 3.05) is 6.61 Å². The van der Waals surface area contributed by atoms with Gasteiger partial charge < -0.3 is 38.9 Å². The van der Waals surface area contributed by atoms with Crippen molar-refractivity contribution in [3.63, 3.8) is 0 Å². The number of aliphatic hydroxyl groups is 2. The van der Waals surface area contributed by atoms with Crippen LogP contribution in [-0.4, -0.2) is 78.1 Å². The van der Waals surface area contributed by atoms with Crippen LogP contribution in [0.3, 0.4) is 0 Å². The minimum Gasteiger partial charge on any atom is -0.466 e. The van der Waals surface area contributed by atoms with Gasteiger partial charge in [0.15, 0.2) is 6.23 Å². The Morgan fingerprint density at radius 1 is 0.808 bits per heavy atom. The first kappa shape index (κ1) is 38.5. The molecule has 0 radical (unpaired) electrons. The van der Waals surface area contributed by atoms with Gasteiger partial charge in [0.25, 0.3) is 0 Å². The topological polar surface area (TPSA) is 287 Å². The molecule has 3 heterocycles. The third-order valence-corrected chi connectivity index (χ3v) is 13.4. The minimum atomic E-state index is -6.11. The minimum absolute atomic E-state index is 0.302. The summed E-state index contributed by atoms with van der Waals surface area (Å²) in [5, 5.41) is 25.0. The highest BCUT2D eigenvalue weighted by Gasteiger charge is 2.50. The first-order valence-electron chi connectivity index (χ1n) is 14.8. The summed E-state index contributed by atoms with van der Waals surface area (Å²) >= 11 is 0. The van der Waals surface area contributed by atoms with Crippen LogP contribution >= 0.6 is 31.3 Å². The molecule has 0 aromatic heterocycles. The van der Waals surface area contributed by atoms with Gasteiger partial charge in [-0.3, -0.25) is 19.6 Å². The zero-order chi connectivity index (χ0) is 37.6. The molecule has 0 aliphatic carbocycles. The van der Waals surface area contributed by atoms with E-state index in [4.69, 9.17) is 14.0 Å². The number of benzene rings is 3. The Kier molecular flexibility index (Phi) is 10.8. The lowest BCUT2D eigenvalue weighted by Gasteiger charge is -2.33. The zero-order valence-electron chi connectivity index (χ0n) is 26.4. The van der Waals surface area contributed by atoms with E-state index in [0.717, 1.165) is 16.0 Å². The quantitative estimate of drug-likeness (QED) is 0.121. The maximum absolute atomic E-state index is 12.9. The Morgan fingerprint density at radius 3 is 2.19 bits per heavy atom.